The van der Waals surface area contributed by atoms with E-state index in [1.54, 1.807) is 13.8 Å². The molecule has 0 aliphatic carbocycles. The molecule has 0 spiro atoms. The Kier molecular flexibility index (Phi) is 7.13. The van der Waals surface area contributed by atoms with Gasteiger partial charge in [-0.25, -0.2) is 4.39 Å². The summed E-state index contributed by atoms with van der Waals surface area (Å²) < 4.78 is 36.0. The smallest absolute Gasteiger partial charge is 0.321 e. The molecule has 1 rings (SSSR count). The minimum Gasteiger partial charge on any atom is -0.321 e. The number of nitrogen functional groups attached to an aromatic ring is 1. The fourth-order valence-electron chi connectivity index (χ4n) is 1.49. The van der Waals surface area contributed by atoms with Crippen molar-refractivity contribution in [2.45, 2.75) is 13.8 Å². The Morgan fingerprint density at radius 1 is 1.43 bits per heavy atom. The fraction of sp³-hybridized carbons (Fsp3) is 0.333. The lowest BCUT2D eigenvalue weighted by molar-refractivity contribution is 0.228. The predicted octanol–water partition coefficient (Wildman–Crippen LogP) is 4.57. The molecule has 1 aromatic carbocycles. The lowest BCUT2D eigenvalue weighted by atomic mass is 10.2. The Hall–Kier alpha value is -0.620. The molecule has 0 saturated heterocycles. The highest BCUT2D eigenvalue weighted by molar-refractivity contribution is 7.61. The summed E-state index contributed by atoms with van der Waals surface area (Å²) in [4.78, 5) is 0. The molecule has 0 bridgehead atoms. The van der Waals surface area contributed by atoms with Crippen molar-refractivity contribution in [1.29, 1.82) is 0 Å². The van der Waals surface area contributed by atoms with Gasteiger partial charge < -0.3 is 14.5 Å². The van der Waals surface area contributed by atoms with E-state index in [4.69, 9.17) is 38.1 Å². The second kappa shape index (κ2) is 8.13. The topological polar surface area (TPSA) is 73.6 Å². The second-order valence-electron chi connectivity index (χ2n) is 3.80. The van der Waals surface area contributed by atoms with Crippen LogP contribution in [0.3, 0.4) is 0 Å². The zero-order valence-corrected chi connectivity index (χ0v) is 13.9. The van der Waals surface area contributed by atoms with E-state index in [0.717, 1.165) is 6.07 Å². The lowest BCUT2D eigenvalue weighted by Gasteiger charge is -2.16. The normalized spacial score (nSPS) is 12.6. The zero-order valence-electron chi connectivity index (χ0n) is 11.5. The lowest BCUT2D eigenvalue weighted by Crippen LogP contribution is -2.08. The minimum absolute atomic E-state index is 0.0257. The van der Waals surface area contributed by atoms with Crippen LogP contribution in [0, 0.1) is 5.82 Å². The van der Waals surface area contributed by atoms with Crippen LogP contribution in [0.4, 0.5) is 10.1 Å². The molecular weight excluding hydrogens is 341 g/mol. The van der Waals surface area contributed by atoms with Crippen LogP contribution in [-0.2, 0) is 13.6 Å². The maximum absolute atomic E-state index is 13.5. The molecule has 118 valence electrons. The number of hydrogen-bond donors (Lipinski definition) is 2. The molecule has 0 aliphatic rings. The number of rotatable bonds is 7. The van der Waals surface area contributed by atoms with E-state index in [-0.39, 0.29) is 28.7 Å². The van der Waals surface area contributed by atoms with Crippen molar-refractivity contribution in [3.63, 3.8) is 0 Å². The summed E-state index contributed by atoms with van der Waals surface area (Å²) in [6.45, 7) is 3.65. The summed E-state index contributed by atoms with van der Waals surface area (Å²) in [6.07, 6.45) is 1.30. The first-order valence-corrected chi connectivity index (χ1v) is 8.40. The maximum atomic E-state index is 13.5. The number of hydrazine groups is 1. The highest BCUT2D eigenvalue weighted by atomic mass is 35.5. The highest BCUT2D eigenvalue weighted by Gasteiger charge is 2.28. The standard InChI is InChI=1S/C12H16Cl2FN2O3P/c1-3-19-21(18,20-4-2)12(14)6-8-5-11(17-16)10(15)7-9(8)13/h5-7,17H,3-4,16H2,1-2H3. The van der Waals surface area contributed by atoms with Gasteiger partial charge in [-0.2, -0.15) is 0 Å². The summed E-state index contributed by atoms with van der Waals surface area (Å²) >= 11 is 12.0. The van der Waals surface area contributed by atoms with Crippen molar-refractivity contribution in [3.8, 4) is 0 Å². The van der Waals surface area contributed by atoms with Crippen molar-refractivity contribution in [1.82, 2.24) is 0 Å². The SMILES string of the molecule is CCOP(=O)(OCC)C(Cl)=Cc1cc(NN)c(F)cc1Cl. The molecule has 0 radical (unpaired) electrons. The molecule has 3 N–H and O–H groups in total. The number of nitrogens with one attached hydrogen (secondary N) is 1. The Bertz CT molecular complexity index is 574. The molecule has 5 nitrogen and oxygen atoms in total. The number of hydrogen-bond acceptors (Lipinski definition) is 5. The number of benzene rings is 1. The van der Waals surface area contributed by atoms with Gasteiger partial charge in [-0.15, -0.1) is 0 Å². The van der Waals surface area contributed by atoms with E-state index in [1.807, 2.05) is 0 Å². The van der Waals surface area contributed by atoms with Crippen LogP contribution in [0.5, 0.6) is 0 Å². The van der Waals surface area contributed by atoms with Crippen LogP contribution in [0.2, 0.25) is 5.02 Å². The molecule has 0 heterocycles. The van der Waals surface area contributed by atoms with Gasteiger partial charge in [-0.3, -0.25) is 10.4 Å². The van der Waals surface area contributed by atoms with Gasteiger partial charge in [-0.1, -0.05) is 23.2 Å². The van der Waals surface area contributed by atoms with Gasteiger partial charge in [0.05, 0.1) is 23.9 Å². The summed E-state index contributed by atoms with van der Waals surface area (Å²) in [6, 6.07) is 2.40. The summed E-state index contributed by atoms with van der Waals surface area (Å²) in [7, 11) is -3.61. The van der Waals surface area contributed by atoms with E-state index < -0.39 is 13.4 Å². The molecule has 1 aromatic rings. The van der Waals surface area contributed by atoms with Gasteiger partial charge in [0.2, 0.25) is 0 Å². The van der Waals surface area contributed by atoms with Crippen LogP contribution in [0.25, 0.3) is 6.08 Å². The Labute approximate surface area is 132 Å². The molecule has 0 fully saturated rings. The van der Waals surface area contributed by atoms with Gasteiger partial charge in [0.25, 0.3) is 0 Å². The van der Waals surface area contributed by atoms with Gasteiger partial charge in [0.15, 0.2) is 0 Å². The summed E-state index contributed by atoms with van der Waals surface area (Å²) in [5.74, 6) is 4.57. The first-order valence-electron chi connectivity index (χ1n) is 6.10. The molecule has 0 aliphatic heterocycles. The fourth-order valence-corrected chi connectivity index (χ4v) is 3.41. The third kappa shape index (κ3) is 4.68. The van der Waals surface area contributed by atoms with Gasteiger partial charge >= 0.3 is 7.60 Å². The van der Waals surface area contributed by atoms with Gasteiger partial charge in [0, 0.05) is 0 Å². The van der Waals surface area contributed by atoms with E-state index in [2.05, 4.69) is 5.43 Å². The van der Waals surface area contributed by atoms with Crippen molar-refractivity contribution in [2.75, 3.05) is 18.6 Å². The van der Waals surface area contributed by atoms with Crippen LogP contribution in [-0.4, -0.2) is 13.2 Å². The summed E-state index contributed by atoms with van der Waals surface area (Å²) in [5, 5.41) is 0.0872. The minimum atomic E-state index is -3.61. The van der Waals surface area contributed by atoms with Crippen molar-refractivity contribution >= 4 is 42.6 Å². The van der Waals surface area contributed by atoms with Crippen LogP contribution >= 0.6 is 30.8 Å². The monoisotopic (exact) mass is 356 g/mol. The quantitative estimate of drug-likeness (QED) is 0.425. The van der Waals surface area contributed by atoms with E-state index in [0.29, 0.717) is 5.56 Å². The van der Waals surface area contributed by atoms with E-state index in [1.165, 1.54) is 12.1 Å². The van der Waals surface area contributed by atoms with Crippen LogP contribution in [0.15, 0.2) is 16.9 Å². The predicted molar refractivity (Wildman–Crippen MR) is 83.9 cm³/mol. The Morgan fingerprint density at radius 3 is 2.48 bits per heavy atom. The molecule has 0 saturated carbocycles. The van der Waals surface area contributed by atoms with Gasteiger partial charge in [0.1, 0.15) is 10.6 Å². The number of nitrogens with two attached hydrogens (primary N) is 1. The van der Waals surface area contributed by atoms with E-state index in [9.17, 15) is 8.96 Å². The van der Waals surface area contributed by atoms with Crippen molar-refractivity contribution in [3.05, 3.63) is 33.3 Å². The average molecular weight is 357 g/mol. The first kappa shape index (κ1) is 18.4. The zero-order chi connectivity index (χ0) is 16.0. The molecule has 0 unspecified atom stereocenters. The second-order valence-corrected chi connectivity index (χ2v) is 6.87. The number of anilines is 1. The van der Waals surface area contributed by atoms with Gasteiger partial charge in [-0.05, 0) is 37.6 Å². The molecule has 0 amide bonds. The molecule has 0 atom stereocenters. The number of halogens is 3. The molecular formula is C12H16Cl2FN2O3P. The third-order valence-electron chi connectivity index (χ3n) is 2.38. The maximum Gasteiger partial charge on any atom is 0.372 e. The van der Waals surface area contributed by atoms with Crippen LogP contribution in [0.1, 0.15) is 19.4 Å². The van der Waals surface area contributed by atoms with Crippen molar-refractivity contribution in [2.24, 2.45) is 5.84 Å². The van der Waals surface area contributed by atoms with E-state index >= 15 is 0 Å². The van der Waals surface area contributed by atoms with Crippen molar-refractivity contribution < 1.29 is 18.0 Å². The largest absolute Gasteiger partial charge is 0.372 e. The summed E-state index contributed by atoms with van der Waals surface area (Å²) in [5.41, 5.74) is 2.54. The first-order chi connectivity index (χ1) is 9.87. The third-order valence-corrected chi connectivity index (χ3v) is 5.28. The molecule has 21 heavy (non-hydrogen) atoms. The highest BCUT2D eigenvalue weighted by Crippen LogP contribution is 2.58. The Morgan fingerprint density at radius 2 is 2.00 bits per heavy atom. The molecule has 9 heteroatoms. The Balaban J connectivity index is 3.24. The average Bonchev–Trinajstić information content (AvgIpc) is 2.42. The molecule has 0 aromatic heterocycles. The van der Waals surface area contributed by atoms with Crippen LogP contribution < -0.4 is 11.3 Å².